The molecule has 0 aliphatic carbocycles. The summed E-state index contributed by atoms with van der Waals surface area (Å²) in [4.78, 5) is 35.5. The molecule has 1 aliphatic rings. The first kappa shape index (κ1) is 15.5. The number of nitrogens with one attached hydrogen (secondary N) is 1. The maximum absolute atomic E-state index is 12.0. The predicted molar refractivity (Wildman–Crippen MR) is 75.5 cm³/mol. The van der Waals surface area contributed by atoms with Crippen molar-refractivity contribution in [3.05, 3.63) is 35.5 Å². The summed E-state index contributed by atoms with van der Waals surface area (Å²) in [6.07, 6.45) is 1.12. The summed E-state index contributed by atoms with van der Waals surface area (Å²) in [6, 6.07) is 4.20. The van der Waals surface area contributed by atoms with Crippen molar-refractivity contribution in [3.8, 4) is 5.75 Å². The van der Waals surface area contributed by atoms with Gasteiger partial charge in [-0.1, -0.05) is 0 Å². The van der Waals surface area contributed by atoms with Crippen LogP contribution in [0.15, 0.2) is 30.0 Å². The number of methoxy groups -OCH3 is 1. The van der Waals surface area contributed by atoms with Gasteiger partial charge in [-0.2, -0.15) is 0 Å². The molecule has 0 atom stereocenters. The molecule has 0 fully saturated rings. The Balaban J connectivity index is 2.21. The van der Waals surface area contributed by atoms with Gasteiger partial charge in [-0.05, 0) is 12.1 Å². The zero-order valence-corrected chi connectivity index (χ0v) is 11.7. The number of hydrogen-bond donors (Lipinski definition) is 3. The lowest BCUT2D eigenvalue weighted by Gasteiger charge is -2.14. The van der Waals surface area contributed by atoms with Crippen molar-refractivity contribution < 1.29 is 29.3 Å². The van der Waals surface area contributed by atoms with Gasteiger partial charge in [0.1, 0.15) is 17.0 Å². The highest BCUT2D eigenvalue weighted by atomic mass is 16.5. The average Bonchev–Trinajstić information content (AvgIpc) is 2.75. The fourth-order valence-electron chi connectivity index (χ4n) is 2.01. The number of nitrogens with zero attached hydrogens (tertiary/aromatic N) is 1. The predicted octanol–water partition coefficient (Wildman–Crippen LogP) is 0.0503. The Bertz CT molecular complexity index is 667. The van der Waals surface area contributed by atoms with Gasteiger partial charge in [0.05, 0.1) is 20.3 Å². The third-order valence-electron chi connectivity index (χ3n) is 3.04. The normalized spacial score (nSPS) is 14.1. The van der Waals surface area contributed by atoms with Crippen molar-refractivity contribution >= 4 is 23.5 Å². The number of hydrogen-bond acceptors (Lipinski definition) is 6. The molecule has 2 amide bonds. The quantitative estimate of drug-likeness (QED) is 0.636. The van der Waals surface area contributed by atoms with Gasteiger partial charge in [0, 0.05) is 17.8 Å². The molecule has 0 bridgehead atoms. The Morgan fingerprint density at radius 2 is 2.09 bits per heavy atom. The molecule has 1 aromatic rings. The van der Waals surface area contributed by atoms with E-state index in [9.17, 15) is 14.4 Å². The number of amides is 2. The first-order chi connectivity index (χ1) is 10.5. The molecule has 1 aliphatic heterocycles. The number of benzene rings is 1. The van der Waals surface area contributed by atoms with E-state index in [0.717, 1.165) is 11.0 Å². The number of carboxylic acid groups (broad SMARTS) is 1. The lowest BCUT2D eigenvalue weighted by atomic mass is 10.1. The number of aliphatic hydroxyl groups is 1. The Labute approximate surface area is 125 Å². The molecule has 0 unspecified atom stereocenters. The summed E-state index contributed by atoms with van der Waals surface area (Å²) in [5.41, 5.74) is 0.432. The Morgan fingerprint density at radius 1 is 1.36 bits per heavy atom. The highest BCUT2D eigenvalue weighted by Gasteiger charge is 2.30. The van der Waals surface area contributed by atoms with Gasteiger partial charge in [0.15, 0.2) is 0 Å². The van der Waals surface area contributed by atoms with Crippen molar-refractivity contribution in [3.63, 3.8) is 0 Å². The Hall–Kier alpha value is -2.87. The second kappa shape index (κ2) is 6.27. The van der Waals surface area contributed by atoms with Crippen molar-refractivity contribution in [2.45, 2.75) is 0 Å². The van der Waals surface area contributed by atoms with Gasteiger partial charge in [-0.15, -0.1) is 0 Å². The largest absolute Gasteiger partial charge is 0.496 e. The number of carbonyl (C=O) groups is 3. The molecule has 22 heavy (non-hydrogen) atoms. The number of ether oxygens (including phenoxy) is 1. The number of aliphatic hydroxyl groups excluding tert-OH is 1. The molecule has 3 N–H and O–H groups in total. The molecule has 0 saturated heterocycles. The zero-order chi connectivity index (χ0) is 16.3. The molecule has 2 rings (SSSR count). The van der Waals surface area contributed by atoms with Crippen LogP contribution >= 0.6 is 0 Å². The fourth-order valence-corrected chi connectivity index (χ4v) is 2.01. The summed E-state index contributed by atoms with van der Waals surface area (Å²) in [6.45, 7) is -0.402. The maximum Gasteiger partial charge on any atom is 0.339 e. The second-order valence-corrected chi connectivity index (χ2v) is 4.42. The van der Waals surface area contributed by atoms with E-state index in [2.05, 4.69) is 5.32 Å². The minimum atomic E-state index is -1.14. The topological polar surface area (TPSA) is 116 Å². The van der Waals surface area contributed by atoms with Crippen LogP contribution in [-0.2, 0) is 9.59 Å². The van der Waals surface area contributed by atoms with Crippen LogP contribution in [0.25, 0.3) is 0 Å². The molecule has 116 valence electrons. The Morgan fingerprint density at radius 3 is 2.68 bits per heavy atom. The average molecular weight is 306 g/mol. The summed E-state index contributed by atoms with van der Waals surface area (Å²) in [7, 11) is 1.33. The monoisotopic (exact) mass is 306 g/mol. The number of carboxylic acids is 1. The molecule has 1 heterocycles. The third kappa shape index (κ3) is 2.91. The number of β-amino-alcohol motifs (C(OH)–C–C–N with tert-alkyl or cyclic N) is 1. The van der Waals surface area contributed by atoms with Gasteiger partial charge in [-0.3, -0.25) is 14.5 Å². The molecule has 0 aromatic heterocycles. The van der Waals surface area contributed by atoms with E-state index in [1.54, 1.807) is 0 Å². The van der Waals surface area contributed by atoms with Gasteiger partial charge in [-0.25, -0.2) is 4.79 Å². The van der Waals surface area contributed by atoms with Crippen LogP contribution in [0.2, 0.25) is 0 Å². The summed E-state index contributed by atoms with van der Waals surface area (Å²) >= 11 is 0. The van der Waals surface area contributed by atoms with Crippen molar-refractivity contribution in [1.29, 1.82) is 0 Å². The lowest BCUT2D eigenvalue weighted by Crippen LogP contribution is -2.34. The smallest absolute Gasteiger partial charge is 0.339 e. The number of imide groups is 1. The lowest BCUT2D eigenvalue weighted by molar-refractivity contribution is -0.137. The molecule has 1 aromatic carbocycles. The molecule has 8 heteroatoms. The first-order valence-electron chi connectivity index (χ1n) is 6.34. The van der Waals surface area contributed by atoms with Crippen molar-refractivity contribution in [2.24, 2.45) is 0 Å². The van der Waals surface area contributed by atoms with Crippen LogP contribution in [0.5, 0.6) is 5.75 Å². The van der Waals surface area contributed by atoms with Crippen molar-refractivity contribution in [1.82, 2.24) is 4.90 Å². The van der Waals surface area contributed by atoms with Gasteiger partial charge in [0.25, 0.3) is 11.8 Å². The summed E-state index contributed by atoms with van der Waals surface area (Å²) in [5.74, 6) is -2.08. The minimum absolute atomic E-state index is 0.0160. The summed E-state index contributed by atoms with van der Waals surface area (Å²) < 4.78 is 4.98. The van der Waals surface area contributed by atoms with E-state index in [1.807, 2.05) is 0 Å². The molecular formula is C14H14N2O6. The highest BCUT2D eigenvalue weighted by Crippen LogP contribution is 2.25. The maximum atomic E-state index is 12.0. The van der Waals surface area contributed by atoms with E-state index >= 15 is 0 Å². The van der Waals surface area contributed by atoms with Crippen LogP contribution in [-0.4, -0.2) is 53.2 Å². The third-order valence-corrected chi connectivity index (χ3v) is 3.04. The van der Waals surface area contributed by atoms with Crippen LogP contribution in [0, 0.1) is 0 Å². The number of aromatic carboxylic acids is 1. The second-order valence-electron chi connectivity index (χ2n) is 4.42. The first-order valence-corrected chi connectivity index (χ1v) is 6.34. The van der Waals surface area contributed by atoms with Gasteiger partial charge >= 0.3 is 5.97 Å². The van der Waals surface area contributed by atoms with Gasteiger partial charge in [0.2, 0.25) is 0 Å². The summed E-state index contributed by atoms with van der Waals surface area (Å²) in [5, 5.41) is 20.6. The van der Waals surface area contributed by atoms with E-state index in [-0.39, 0.29) is 30.2 Å². The molecular weight excluding hydrogens is 292 g/mol. The molecule has 0 radical (unpaired) electrons. The van der Waals surface area contributed by atoms with Gasteiger partial charge < -0.3 is 20.3 Å². The van der Waals surface area contributed by atoms with E-state index < -0.39 is 17.8 Å². The van der Waals surface area contributed by atoms with Crippen LogP contribution in [0.3, 0.4) is 0 Å². The van der Waals surface area contributed by atoms with E-state index in [1.165, 1.54) is 25.3 Å². The molecule has 0 saturated carbocycles. The highest BCUT2D eigenvalue weighted by molar-refractivity contribution is 6.17. The standard InChI is InChI=1S/C14H14N2O6/c1-22-11-6-8(2-3-9(11)14(20)21)15-10-7-12(18)16(4-5-17)13(10)19/h2-3,6-7,15,17H,4-5H2,1H3,(H,20,21). The molecule has 8 nitrogen and oxygen atoms in total. The molecule has 0 spiro atoms. The van der Waals surface area contributed by atoms with Crippen LogP contribution < -0.4 is 10.1 Å². The SMILES string of the molecule is COc1cc(NC2=CC(=O)N(CCO)C2=O)ccc1C(=O)O. The number of rotatable bonds is 6. The Kier molecular flexibility index (Phi) is 4.42. The number of carbonyl (C=O) groups excluding carboxylic acids is 2. The van der Waals surface area contributed by atoms with Crippen LogP contribution in [0.4, 0.5) is 5.69 Å². The number of anilines is 1. The zero-order valence-electron chi connectivity index (χ0n) is 11.7. The van der Waals surface area contributed by atoms with E-state index in [4.69, 9.17) is 14.9 Å². The fraction of sp³-hybridized carbons (Fsp3) is 0.214. The minimum Gasteiger partial charge on any atom is -0.496 e. The van der Waals surface area contributed by atoms with Crippen LogP contribution in [0.1, 0.15) is 10.4 Å². The van der Waals surface area contributed by atoms with Crippen molar-refractivity contribution in [2.75, 3.05) is 25.6 Å². The van der Waals surface area contributed by atoms with E-state index in [0.29, 0.717) is 5.69 Å².